The number of alkyl carbamates (subject to hydrolysis) is 1. The molecule has 1 aliphatic heterocycles. The second-order valence-corrected chi connectivity index (χ2v) is 4.92. The molecule has 1 aromatic rings. The minimum absolute atomic E-state index is 0.135. The molecule has 2 rings (SSSR count). The van der Waals surface area contributed by atoms with Crippen LogP contribution in [0.4, 0.5) is 10.6 Å². The summed E-state index contributed by atoms with van der Waals surface area (Å²) in [4.78, 5) is 22.3. The number of aryl methyl sites for hydroxylation is 1. The Kier molecular flexibility index (Phi) is 4.73. The number of hydrogen-bond acceptors (Lipinski definition) is 6. The van der Waals surface area contributed by atoms with Gasteiger partial charge in [-0.05, 0) is 13.3 Å². The molecule has 2 N–H and O–H groups in total. The zero-order valence-corrected chi connectivity index (χ0v) is 12.1. The van der Waals surface area contributed by atoms with Crippen LogP contribution in [0, 0.1) is 6.92 Å². The molecule has 1 saturated heterocycles. The predicted octanol–water partition coefficient (Wildman–Crippen LogP) is 0.757. The van der Waals surface area contributed by atoms with Crippen LogP contribution in [0.25, 0.3) is 0 Å². The van der Waals surface area contributed by atoms with Crippen LogP contribution in [-0.2, 0) is 11.3 Å². The third-order valence-electron chi connectivity index (χ3n) is 3.30. The summed E-state index contributed by atoms with van der Waals surface area (Å²) in [5.74, 6) is 1.63. The van der Waals surface area contributed by atoms with Gasteiger partial charge in [-0.2, -0.15) is 0 Å². The van der Waals surface area contributed by atoms with E-state index in [1.54, 1.807) is 0 Å². The number of anilines is 1. The molecule has 0 saturated carbocycles. The normalized spacial score (nSPS) is 18.9. The monoisotopic (exact) mass is 279 g/mol. The van der Waals surface area contributed by atoms with Crippen molar-refractivity contribution < 1.29 is 9.53 Å². The first kappa shape index (κ1) is 14.5. The Morgan fingerprint density at radius 3 is 3.05 bits per heavy atom. The fourth-order valence-electron chi connectivity index (χ4n) is 2.35. The molecule has 1 atom stereocenters. The van der Waals surface area contributed by atoms with Crippen LogP contribution in [0.15, 0.2) is 6.07 Å². The molecule has 110 valence electrons. The molecular formula is C13H21N5O2. The van der Waals surface area contributed by atoms with Crippen LogP contribution in [0.2, 0.25) is 0 Å². The predicted molar refractivity (Wildman–Crippen MR) is 75.5 cm³/mol. The second-order valence-electron chi connectivity index (χ2n) is 4.92. The molecule has 0 spiro atoms. The highest BCUT2D eigenvalue weighted by molar-refractivity contribution is 5.67. The Hall–Kier alpha value is -1.89. The Balaban J connectivity index is 1.91. The van der Waals surface area contributed by atoms with Gasteiger partial charge in [0.1, 0.15) is 11.6 Å². The summed E-state index contributed by atoms with van der Waals surface area (Å²) in [6.45, 7) is 4.36. The van der Waals surface area contributed by atoms with Gasteiger partial charge in [0.25, 0.3) is 0 Å². The summed E-state index contributed by atoms with van der Waals surface area (Å²) in [6.07, 6.45) is 0.543. The summed E-state index contributed by atoms with van der Waals surface area (Å²) in [7, 11) is 3.22. The lowest BCUT2D eigenvalue weighted by Crippen LogP contribution is -2.36. The lowest BCUT2D eigenvalue weighted by molar-refractivity contribution is 0.166. The number of carbonyl (C=O) groups excluding carboxylic acids is 1. The molecule has 7 heteroatoms. The zero-order chi connectivity index (χ0) is 14.5. The third kappa shape index (κ3) is 3.80. The molecule has 0 radical (unpaired) electrons. The van der Waals surface area contributed by atoms with Crippen molar-refractivity contribution in [1.82, 2.24) is 20.2 Å². The summed E-state index contributed by atoms with van der Waals surface area (Å²) in [6, 6.07) is 2.05. The SMILES string of the molecule is CNc1cc(C)nc(CN2CCC(NC(=O)OC)C2)n1. The highest BCUT2D eigenvalue weighted by atomic mass is 16.5. The topological polar surface area (TPSA) is 79.4 Å². The number of amides is 1. The highest BCUT2D eigenvalue weighted by Gasteiger charge is 2.24. The minimum atomic E-state index is -0.374. The summed E-state index contributed by atoms with van der Waals surface area (Å²) in [5.41, 5.74) is 0.947. The van der Waals surface area contributed by atoms with Crippen LogP contribution in [0.3, 0.4) is 0 Å². The van der Waals surface area contributed by atoms with Gasteiger partial charge >= 0.3 is 6.09 Å². The quantitative estimate of drug-likeness (QED) is 0.847. The van der Waals surface area contributed by atoms with Crippen LogP contribution in [-0.4, -0.2) is 54.2 Å². The maximum Gasteiger partial charge on any atom is 0.407 e. The van der Waals surface area contributed by atoms with Crippen molar-refractivity contribution in [3.05, 3.63) is 17.6 Å². The van der Waals surface area contributed by atoms with Crippen LogP contribution < -0.4 is 10.6 Å². The second kappa shape index (κ2) is 6.51. The lowest BCUT2D eigenvalue weighted by atomic mass is 10.3. The van der Waals surface area contributed by atoms with Gasteiger partial charge in [-0.25, -0.2) is 14.8 Å². The van der Waals surface area contributed by atoms with Gasteiger partial charge < -0.3 is 15.4 Å². The van der Waals surface area contributed by atoms with E-state index in [-0.39, 0.29) is 12.1 Å². The average Bonchev–Trinajstić information content (AvgIpc) is 2.85. The van der Waals surface area contributed by atoms with Gasteiger partial charge in [-0.15, -0.1) is 0 Å². The lowest BCUT2D eigenvalue weighted by Gasteiger charge is -2.16. The molecule has 20 heavy (non-hydrogen) atoms. The fourth-order valence-corrected chi connectivity index (χ4v) is 2.35. The molecule has 1 unspecified atom stereocenters. The van der Waals surface area contributed by atoms with Gasteiger partial charge in [0.15, 0.2) is 0 Å². The molecule has 1 aliphatic rings. The van der Waals surface area contributed by atoms with E-state index in [1.807, 2.05) is 20.0 Å². The standard InChI is InChI=1S/C13H21N5O2/c1-9-6-11(14-2)17-12(15-9)8-18-5-4-10(7-18)16-13(19)20-3/h6,10H,4-5,7-8H2,1-3H3,(H,16,19)(H,14,15,17). The third-order valence-corrected chi connectivity index (χ3v) is 3.30. The first-order chi connectivity index (χ1) is 9.60. The average molecular weight is 279 g/mol. The number of likely N-dealkylation sites (tertiary alicyclic amines) is 1. The van der Waals surface area contributed by atoms with Crippen molar-refractivity contribution >= 4 is 11.9 Å². The minimum Gasteiger partial charge on any atom is -0.453 e. The van der Waals surface area contributed by atoms with E-state index in [0.717, 1.165) is 36.8 Å². The molecule has 1 amide bonds. The molecule has 0 aliphatic carbocycles. The summed E-state index contributed by atoms with van der Waals surface area (Å²) >= 11 is 0. The van der Waals surface area contributed by atoms with Crippen molar-refractivity contribution in [3.63, 3.8) is 0 Å². The van der Waals surface area contributed by atoms with Gasteiger partial charge in [0, 0.05) is 37.9 Å². The van der Waals surface area contributed by atoms with E-state index in [0.29, 0.717) is 6.54 Å². The van der Waals surface area contributed by atoms with Crippen LogP contribution in [0.1, 0.15) is 17.9 Å². The zero-order valence-electron chi connectivity index (χ0n) is 12.1. The number of methoxy groups -OCH3 is 1. The van der Waals surface area contributed by atoms with Gasteiger partial charge in [-0.1, -0.05) is 0 Å². The van der Waals surface area contributed by atoms with Crippen LogP contribution in [0.5, 0.6) is 0 Å². The summed E-state index contributed by atoms with van der Waals surface area (Å²) in [5, 5.41) is 5.85. The molecule has 1 fully saturated rings. The summed E-state index contributed by atoms with van der Waals surface area (Å²) < 4.78 is 4.61. The van der Waals surface area contributed by atoms with Crippen LogP contribution >= 0.6 is 0 Å². The van der Waals surface area contributed by atoms with Crippen molar-refractivity contribution in [2.75, 3.05) is 32.6 Å². The van der Waals surface area contributed by atoms with Crippen molar-refractivity contribution in [2.45, 2.75) is 25.9 Å². The van der Waals surface area contributed by atoms with Gasteiger partial charge in [-0.3, -0.25) is 4.90 Å². The van der Waals surface area contributed by atoms with Gasteiger partial charge in [0.05, 0.1) is 13.7 Å². The fraction of sp³-hybridized carbons (Fsp3) is 0.615. The number of hydrogen-bond donors (Lipinski definition) is 2. The maximum absolute atomic E-state index is 11.2. The number of ether oxygens (including phenoxy) is 1. The molecule has 0 aromatic carbocycles. The van der Waals surface area contributed by atoms with E-state index in [2.05, 4.69) is 30.2 Å². The Labute approximate surface area is 118 Å². The Bertz CT molecular complexity index is 480. The van der Waals surface area contributed by atoms with E-state index >= 15 is 0 Å². The van der Waals surface area contributed by atoms with E-state index in [1.165, 1.54) is 7.11 Å². The Morgan fingerprint density at radius 2 is 2.35 bits per heavy atom. The van der Waals surface area contributed by atoms with Crippen molar-refractivity contribution in [1.29, 1.82) is 0 Å². The number of nitrogens with one attached hydrogen (secondary N) is 2. The van der Waals surface area contributed by atoms with E-state index in [4.69, 9.17) is 0 Å². The Morgan fingerprint density at radius 1 is 1.55 bits per heavy atom. The molecule has 1 aromatic heterocycles. The first-order valence-electron chi connectivity index (χ1n) is 6.70. The van der Waals surface area contributed by atoms with E-state index in [9.17, 15) is 4.79 Å². The van der Waals surface area contributed by atoms with Gasteiger partial charge in [0.2, 0.25) is 0 Å². The van der Waals surface area contributed by atoms with E-state index < -0.39 is 0 Å². The molecule has 7 nitrogen and oxygen atoms in total. The van der Waals surface area contributed by atoms with Crippen molar-refractivity contribution in [3.8, 4) is 0 Å². The smallest absolute Gasteiger partial charge is 0.407 e. The number of aromatic nitrogens is 2. The highest BCUT2D eigenvalue weighted by Crippen LogP contribution is 2.13. The van der Waals surface area contributed by atoms with Crippen molar-refractivity contribution in [2.24, 2.45) is 0 Å². The number of carbonyl (C=O) groups is 1. The number of rotatable bonds is 4. The largest absolute Gasteiger partial charge is 0.453 e. The number of nitrogens with zero attached hydrogens (tertiary/aromatic N) is 3. The molecular weight excluding hydrogens is 258 g/mol. The maximum atomic E-state index is 11.2. The molecule has 0 bridgehead atoms. The molecule has 2 heterocycles. The first-order valence-corrected chi connectivity index (χ1v) is 6.70.